The van der Waals surface area contributed by atoms with Gasteiger partial charge < -0.3 is 8.85 Å². The monoisotopic (exact) mass is 316 g/mol. The van der Waals surface area contributed by atoms with Crippen molar-refractivity contribution in [2.24, 2.45) is 0 Å². The highest BCUT2D eigenvalue weighted by Gasteiger charge is 2.34. The van der Waals surface area contributed by atoms with Crippen LogP contribution >= 0.6 is 0 Å². The predicted molar refractivity (Wildman–Crippen MR) is 96.1 cm³/mol. The number of rotatable bonds is 16. The molecule has 0 aromatic carbocycles. The van der Waals surface area contributed by atoms with Gasteiger partial charge >= 0.3 is 8.56 Å². The first-order valence-corrected chi connectivity index (χ1v) is 11.8. The lowest BCUT2D eigenvalue weighted by molar-refractivity contribution is 0.167. The lowest BCUT2D eigenvalue weighted by Crippen LogP contribution is -2.42. The Labute approximate surface area is 135 Å². The zero-order valence-corrected chi connectivity index (χ0v) is 16.2. The van der Waals surface area contributed by atoms with E-state index in [0.29, 0.717) is 0 Å². The molecule has 3 heteroatoms. The summed E-state index contributed by atoms with van der Waals surface area (Å²) in [5.74, 6) is 0. The minimum absolute atomic E-state index is 0.876. The van der Waals surface area contributed by atoms with Crippen LogP contribution in [0.5, 0.6) is 0 Å². The molecule has 0 saturated heterocycles. The molecule has 0 aromatic heterocycles. The highest BCUT2D eigenvalue weighted by molar-refractivity contribution is 6.67. The first-order valence-electron chi connectivity index (χ1n) is 9.52. The van der Waals surface area contributed by atoms with E-state index in [1.165, 1.54) is 57.4 Å². The van der Waals surface area contributed by atoms with Crippen LogP contribution in [0.25, 0.3) is 0 Å². The lowest BCUT2D eigenvalue weighted by Gasteiger charge is -2.29. The highest BCUT2D eigenvalue weighted by Crippen LogP contribution is 2.23. The minimum Gasteiger partial charge on any atom is -0.394 e. The van der Waals surface area contributed by atoms with Crippen molar-refractivity contribution >= 4 is 8.56 Å². The van der Waals surface area contributed by atoms with Gasteiger partial charge in [-0.2, -0.15) is 0 Å². The van der Waals surface area contributed by atoms with Crippen LogP contribution in [0.2, 0.25) is 12.1 Å². The van der Waals surface area contributed by atoms with Crippen LogP contribution in [-0.2, 0) is 8.85 Å². The smallest absolute Gasteiger partial charge is 0.337 e. The average molecular weight is 317 g/mol. The van der Waals surface area contributed by atoms with E-state index in [4.69, 9.17) is 8.85 Å². The Kier molecular flexibility index (Phi) is 15.1. The van der Waals surface area contributed by atoms with Crippen molar-refractivity contribution in [3.63, 3.8) is 0 Å². The molecule has 0 unspecified atom stereocenters. The zero-order valence-electron chi connectivity index (χ0n) is 15.2. The fourth-order valence-electron chi connectivity index (χ4n) is 2.67. The Bertz CT molecular complexity index is 201. The summed E-state index contributed by atoms with van der Waals surface area (Å²) in [5.41, 5.74) is 0. The fourth-order valence-corrected chi connectivity index (χ4v) is 5.75. The maximum absolute atomic E-state index is 6.21. The molecular weight excluding hydrogens is 276 g/mol. The van der Waals surface area contributed by atoms with E-state index in [-0.39, 0.29) is 0 Å². The van der Waals surface area contributed by atoms with E-state index in [0.717, 1.165) is 32.1 Å². The molecule has 128 valence electrons. The van der Waals surface area contributed by atoms with Crippen molar-refractivity contribution in [3.05, 3.63) is 0 Å². The molecule has 0 radical (unpaired) electrons. The third-order valence-corrected chi connectivity index (χ3v) is 7.74. The molecule has 0 aliphatic heterocycles. The van der Waals surface area contributed by atoms with Gasteiger partial charge in [-0.05, 0) is 24.9 Å². The first kappa shape index (κ1) is 21.1. The van der Waals surface area contributed by atoms with E-state index < -0.39 is 8.56 Å². The van der Waals surface area contributed by atoms with Crippen molar-refractivity contribution in [2.75, 3.05) is 13.2 Å². The Morgan fingerprint density at radius 1 is 0.571 bits per heavy atom. The Balaban J connectivity index is 3.88. The van der Waals surface area contributed by atoms with Crippen LogP contribution in [0, 0.1) is 0 Å². The van der Waals surface area contributed by atoms with Crippen LogP contribution in [-0.4, -0.2) is 21.8 Å². The molecule has 2 nitrogen and oxygen atoms in total. The molecule has 0 aliphatic carbocycles. The molecule has 0 N–H and O–H groups in total. The Morgan fingerprint density at radius 2 is 1.05 bits per heavy atom. The summed E-state index contributed by atoms with van der Waals surface area (Å²) >= 11 is 0. The minimum atomic E-state index is -1.89. The molecule has 21 heavy (non-hydrogen) atoms. The van der Waals surface area contributed by atoms with Gasteiger partial charge in [-0.25, -0.2) is 0 Å². The quantitative estimate of drug-likeness (QED) is 0.241. The topological polar surface area (TPSA) is 18.5 Å². The van der Waals surface area contributed by atoms with E-state index in [9.17, 15) is 0 Å². The molecule has 0 aliphatic rings. The molecule has 0 amide bonds. The van der Waals surface area contributed by atoms with Crippen LogP contribution in [0.15, 0.2) is 0 Å². The summed E-state index contributed by atoms with van der Waals surface area (Å²) in [6, 6.07) is 2.29. The Morgan fingerprint density at radius 3 is 1.48 bits per heavy atom. The third kappa shape index (κ3) is 11.4. The standard InChI is InChI=1S/C18H40O2Si/c1-5-9-10-11-12-13-14-15-18-21(8-4,19-16-6-2)20-17-7-3/h5-18H2,1-4H3. The molecule has 0 fully saturated rings. The van der Waals surface area contributed by atoms with Crippen LogP contribution in [0.4, 0.5) is 0 Å². The first-order chi connectivity index (χ1) is 10.2. The second-order valence-electron chi connectivity index (χ2n) is 6.19. The van der Waals surface area contributed by atoms with Crippen molar-refractivity contribution in [1.29, 1.82) is 0 Å². The molecule has 0 atom stereocenters. The van der Waals surface area contributed by atoms with Gasteiger partial charge in [-0.1, -0.05) is 79.1 Å². The van der Waals surface area contributed by atoms with E-state index >= 15 is 0 Å². The molecular formula is C18H40O2Si. The maximum atomic E-state index is 6.21. The second-order valence-corrected chi connectivity index (χ2v) is 9.79. The molecule has 0 aromatic rings. The molecule has 0 heterocycles. The maximum Gasteiger partial charge on any atom is 0.337 e. The van der Waals surface area contributed by atoms with Gasteiger partial charge in [0.1, 0.15) is 0 Å². The lowest BCUT2D eigenvalue weighted by atomic mass is 10.1. The van der Waals surface area contributed by atoms with Crippen LogP contribution in [0.1, 0.15) is 91.9 Å². The third-order valence-electron chi connectivity index (χ3n) is 4.09. The molecule has 0 saturated carbocycles. The average Bonchev–Trinajstić information content (AvgIpc) is 2.52. The van der Waals surface area contributed by atoms with Crippen molar-refractivity contribution in [2.45, 2.75) is 104 Å². The summed E-state index contributed by atoms with van der Waals surface area (Å²) in [6.45, 7) is 10.7. The summed E-state index contributed by atoms with van der Waals surface area (Å²) in [5, 5.41) is 0. The van der Waals surface area contributed by atoms with Gasteiger partial charge in [-0.3, -0.25) is 0 Å². The van der Waals surface area contributed by atoms with Crippen molar-refractivity contribution in [3.8, 4) is 0 Å². The van der Waals surface area contributed by atoms with Gasteiger partial charge in [-0.15, -0.1) is 0 Å². The molecule has 0 rings (SSSR count). The number of hydrogen-bond acceptors (Lipinski definition) is 2. The normalized spacial score (nSPS) is 12.0. The van der Waals surface area contributed by atoms with Gasteiger partial charge in [0.05, 0.1) is 0 Å². The second kappa shape index (κ2) is 15.0. The summed E-state index contributed by atoms with van der Waals surface area (Å²) in [7, 11) is -1.89. The van der Waals surface area contributed by atoms with Crippen LogP contribution < -0.4 is 0 Å². The van der Waals surface area contributed by atoms with Gasteiger partial charge in [0, 0.05) is 13.2 Å². The van der Waals surface area contributed by atoms with Gasteiger partial charge in [0.2, 0.25) is 0 Å². The van der Waals surface area contributed by atoms with Crippen molar-refractivity contribution in [1.82, 2.24) is 0 Å². The SMILES string of the molecule is CCCCCCCCCC[Si](CC)(OCCC)OCCC. The Hall–Kier alpha value is 0.137. The fraction of sp³-hybridized carbons (Fsp3) is 1.00. The molecule has 0 spiro atoms. The van der Waals surface area contributed by atoms with E-state index in [1.54, 1.807) is 0 Å². The van der Waals surface area contributed by atoms with Crippen LogP contribution in [0.3, 0.4) is 0 Å². The summed E-state index contributed by atoms with van der Waals surface area (Å²) in [6.07, 6.45) is 13.2. The largest absolute Gasteiger partial charge is 0.394 e. The highest BCUT2D eigenvalue weighted by atomic mass is 28.4. The summed E-state index contributed by atoms with van der Waals surface area (Å²) in [4.78, 5) is 0. The predicted octanol–water partition coefficient (Wildman–Crippen LogP) is 6.44. The summed E-state index contributed by atoms with van der Waals surface area (Å²) < 4.78 is 12.4. The number of unbranched alkanes of at least 4 members (excludes halogenated alkanes) is 7. The van der Waals surface area contributed by atoms with Gasteiger partial charge in [0.25, 0.3) is 0 Å². The zero-order chi connectivity index (χ0) is 15.8. The number of hydrogen-bond donors (Lipinski definition) is 0. The van der Waals surface area contributed by atoms with Gasteiger partial charge in [0.15, 0.2) is 0 Å². The van der Waals surface area contributed by atoms with E-state index in [2.05, 4.69) is 27.7 Å². The van der Waals surface area contributed by atoms with E-state index in [1.807, 2.05) is 0 Å². The molecule has 0 bridgehead atoms. The van der Waals surface area contributed by atoms with Crippen molar-refractivity contribution < 1.29 is 8.85 Å².